The first-order valence-corrected chi connectivity index (χ1v) is 9.05. The molecule has 0 aromatic heterocycles. The van der Waals surface area contributed by atoms with E-state index in [-0.39, 0.29) is 23.9 Å². The first kappa shape index (κ1) is 15.8. The smallest absolute Gasteiger partial charge is 0.306 e. The predicted molar refractivity (Wildman–Crippen MR) is 75.2 cm³/mol. The lowest BCUT2D eigenvalue weighted by atomic mass is 9.98. The van der Waals surface area contributed by atoms with Crippen molar-refractivity contribution < 1.29 is 22.7 Å². The Hall–Kier alpha value is -0.620. The highest BCUT2D eigenvalue weighted by molar-refractivity contribution is 7.92. The lowest BCUT2D eigenvalue weighted by molar-refractivity contribution is -0.140. The molecule has 0 N–H and O–H groups in total. The summed E-state index contributed by atoms with van der Waals surface area (Å²) in [7, 11) is -2.05. The summed E-state index contributed by atoms with van der Waals surface area (Å²) < 4.78 is 35.1. The van der Waals surface area contributed by atoms with Crippen LogP contribution >= 0.6 is 0 Å². The van der Waals surface area contributed by atoms with Crippen molar-refractivity contribution >= 4 is 15.8 Å². The molecule has 2 atom stereocenters. The van der Waals surface area contributed by atoms with Crippen LogP contribution in [0, 0.1) is 0 Å². The Morgan fingerprint density at radius 1 is 1.35 bits per heavy atom. The monoisotopic (exact) mass is 304 g/mol. The number of sulfone groups is 1. The Bertz CT molecular complexity index is 450. The van der Waals surface area contributed by atoms with E-state index < -0.39 is 21.1 Å². The number of hydrogen-bond donors (Lipinski definition) is 0. The molecule has 1 heterocycles. The second-order valence-corrected chi connectivity index (χ2v) is 8.55. The van der Waals surface area contributed by atoms with Gasteiger partial charge in [0.05, 0.1) is 36.2 Å². The zero-order valence-electron chi connectivity index (χ0n) is 12.3. The van der Waals surface area contributed by atoms with Crippen molar-refractivity contribution in [3.63, 3.8) is 0 Å². The molecule has 0 bridgehead atoms. The van der Waals surface area contributed by atoms with Gasteiger partial charge in [-0.2, -0.15) is 0 Å². The second kappa shape index (κ2) is 6.02. The largest absolute Gasteiger partial charge is 0.469 e. The van der Waals surface area contributed by atoms with Crippen LogP contribution in [-0.2, 0) is 24.1 Å². The number of rotatable bonds is 5. The van der Waals surface area contributed by atoms with E-state index in [2.05, 4.69) is 4.74 Å². The van der Waals surface area contributed by atoms with Crippen LogP contribution in [0.1, 0.15) is 51.9 Å². The van der Waals surface area contributed by atoms with Gasteiger partial charge in [-0.3, -0.25) is 4.79 Å². The van der Waals surface area contributed by atoms with Crippen LogP contribution in [0.2, 0.25) is 0 Å². The number of ether oxygens (including phenoxy) is 2. The third-order valence-corrected chi connectivity index (χ3v) is 6.80. The fourth-order valence-electron chi connectivity index (χ4n) is 3.27. The molecule has 2 rings (SSSR count). The summed E-state index contributed by atoms with van der Waals surface area (Å²) in [6.07, 6.45) is 5.96. The molecule has 116 valence electrons. The third-order valence-electron chi connectivity index (χ3n) is 4.57. The van der Waals surface area contributed by atoms with Crippen LogP contribution in [0.4, 0.5) is 0 Å². The Morgan fingerprint density at radius 3 is 2.60 bits per heavy atom. The van der Waals surface area contributed by atoms with Crippen LogP contribution in [0.3, 0.4) is 0 Å². The topological polar surface area (TPSA) is 69.7 Å². The zero-order valence-corrected chi connectivity index (χ0v) is 13.1. The number of hydrogen-bond acceptors (Lipinski definition) is 5. The standard InChI is InChI=1S/C14H24O5S/c1-11(9-13(15)18-2)20(16,17)10-12-5-8-14(19-12)6-3-4-7-14/h11-12H,3-10H2,1-2H3. The highest BCUT2D eigenvalue weighted by atomic mass is 32.2. The molecule has 20 heavy (non-hydrogen) atoms. The summed E-state index contributed by atoms with van der Waals surface area (Å²) in [4.78, 5) is 11.2. The van der Waals surface area contributed by atoms with Gasteiger partial charge in [0.1, 0.15) is 0 Å². The van der Waals surface area contributed by atoms with Crippen molar-refractivity contribution in [2.24, 2.45) is 0 Å². The van der Waals surface area contributed by atoms with E-state index in [1.165, 1.54) is 20.0 Å². The SMILES string of the molecule is COC(=O)CC(C)S(=O)(=O)CC1CCC2(CCCC2)O1. The second-order valence-electron chi connectivity index (χ2n) is 6.09. The molecular formula is C14H24O5S. The van der Waals surface area contributed by atoms with Gasteiger partial charge in [-0.25, -0.2) is 8.42 Å². The lowest BCUT2D eigenvalue weighted by Crippen LogP contribution is -2.32. The zero-order chi connectivity index (χ0) is 14.8. The quantitative estimate of drug-likeness (QED) is 0.725. The van der Waals surface area contributed by atoms with E-state index in [9.17, 15) is 13.2 Å². The highest BCUT2D eigenvalue weighted by Crippen LogP contribution is 2.43. The van der Waals surface area contributed by atoms with E-state index in [1.807, 2.05) is 0 Å². The fraction of sp³-hybridized carbons (Fsp3) is 0.929. The molecule has 0 amide bonds. The molecule has 1 aliphatic carbocycles. The third kappa shape index (κ3) is 3.52. The summed E-state index contributed by atoms with van der Waals surface area (Å²) in [6, 6.07) is 0. The maximum Gasteiger partial charge on any atom is 0.306 e. The Kier molecular flexibility index (Phi) is 4.74. The van der Waals surface area contributed by atoms with E-state index in [0.29, 0.717) is 0 Å². The molecule has 1 saturated carbocycles. The number of carbonyl (C=O) groups is 1. The number of methoxy groups -OCH3 is 1. The summed E-state index contributed by atoms with van der Waals surface area (Å²) in [6.45, 7) is 1.56. The molecule has 5 nitrogen and oxygen atoms in total. The summed E-state index contributed by atoms with van der Waals surface area (Å²) >= 11 is 0. The van der Waals surface area contributed by atoms with Gasteiger partial charge in [0.15, 0.2) is 9.84 Å². The average molecular weight is 304 g/mol. The number of esters is 1. The maximum absolute atomic E-state index is 12.3. The molecule has 1 aliphatic heterocycles. The normalized spacial score (nSPS) is 26.8. The van der Waals surface area contributed by atoms with Crippen molar-refractivity contribution in [2.75, 3.05) is 12.9 Å². The maximum atomic E-state index is 12.3. The highest BCUT2D eigenvalue weighted by Gasteiger charge is 2.43. The Balaban J connectivity index is 1.90. The van der Waals surface area contributed by atoms with Crippen molar-refractivity contribution in [1.29, 1.82) is 0 Å². The minimum atomic E-state index is -3.32. The van der Waals surface area contributed by atoms with Gasteiger partial charge in [-0.1, -0.05) is 12.8 Å². The number of carbonyl (C=O) groups excluding carboxylic acids is 1. The Morgan fingerprint density at radius 2 is 2.00 bits per heavy atom. The molecule has 6 heteroatoms. The van der Waals surface area contributed by atoms with Crippen LogP contribution in [-0.4, -0.2) is 44.2 Å². The lowest BCUT2D eigenvalue weighted by Gasteiger charge is -2.24. The van der Waals surface area contributed by atoms with Crippen LogP contribution in [0.15, 0.2) is 0 Å². The molecule has 1 spiro atoms. The van der Waals surface area contributed by atoms with Crippen LogP contribution < -0.4 is 0 Å². The molecule has 0 aromatic rings. The van der Waals surface area contributed by atoms with Gasteiger partial charge < -0.3 is 9.47 Å². The minimum absolute atomic E-state index is 0.0207. The van der Waals surface area contributed by atoms with E-state index in [1.54, 1.807) is 6.92 Å². The molecule has 2 fully saturated rings. The van der Waals surface area contributed by atoms with Crippen molar-refractivity contribution in [3.8, 4) is 0 Å². The van der Waals surface area contributed by atoms with Gasteiger partial charge in [-0.15, -0.1) is 0 Å². The molecule has 2 aliphatic rings. The van der Waals surface area contributed by atoms with Crippen LogP contribution in [0.25, 0.3) is 0 Å². The Labute approximate surface area is 120 Å². The van der Waals surface area contributed by atoms with Crippen molar-refractivity contribution in [1.82, 2.24) is 0 Å². The summed E-state index contributed by atoms with van der Waals surface area (Å²) in [5, 5.41) is -0.710. The van der Waals surface area contributed by atoms with Crippen LogP contribution in [0.5, 0.6) is 0 Å². The van der Waals surface area contributed by atoms with Crippen molar-refractivity contribution in [3.05, 3.63) is 0 Å². The first-order valence-electron chi connectivity index (χ1n) is 7.33. The molecular weight excluding hydrogens is 280 g/mol. The van der Waals surface area contributed by atoms with Gasteiger partial charge in [0.25, 0.3) is 0 Å². The van der Waals surface area contributed by atoms with E-state index in [0.717, 1.165) is 25.7 Å². The predicted octanol–water partition coefficient (Wildman–Crippen LogP) is 1.84. The molecule has 0 radical (unpaired) electrons. The first-order chi connectivity index (χ1) is 9.37. The minimum Gasteiger partial charge on any atom is -0.469 e. The van der Waals surface area contributed by atoms with Gasteiger partial charge in [0, 0.05) is 0 Å². The van der Waals surface area contributed by atoms with E-state index >= 15 is 0 Å². The van der Waals surface area contributed by atoms with Gasteiger partial charge in [0.2, 0.25) is 0 Å². The molecule has 2 unspecified atom stereocenters. The van der Waals surface area contributed by atoms with Gasteiger partial charge in [-0.05, 0) is 32.6 Å². The van der Waals surface area contributed by atoms with E-state index in [4.69, 9.17) is 4.74 Å². The van der Waals surface area contributed by atoms with Gasteiger partial charge >= 0.3 is 5.97 Å². The summed E-state index contributed by atoms with van der Waals surface area (Å²) in [5.41, 5.74) is -0.0498. The van der Waals surface area contributed by atoms with Crippen molar-refractivity contribution in [2.45, 2.75) is 68.8 Å². The average Bonchev–Trinajstić information content (AvgIpc) is 2.99. The summed E-state index contributed by atoms with van der Waals surface area (Å²) in [5.74, 6) is -0.465. The fourth-order valence-corrected chi connectivity index (χ4v) is 4.74. The molecule has 0 aromatic carbocycles. The molecule has 1 saturated heterocycles.